The zero-order valence-corrected chi connectivity index (χ0v) is 14.1. The van der Waals surface area contributed by atoms with Crippen molar-refractivity contribution in [2.24, 2.45) is 5.92 Å². The maximum absolute atomic E-state index is 11.7. The molecule has 1 aromatic carbocycles. The highest BCUT2D eigenvalue weighted by Gasteiger charge is 2.25. The maximum Gasteiger partial charge on any atom is 0.265 e. The lowest BCUT2D eigenvalue weighted by molar-refractivity contribution is 0.162. The molecule has 1 N–H and O–H groups in total. The van der Waals surface area contributed by atoms with Crippen molar-refractivity contribution in [3.05, 3.63) is 42.1 Å². The van der Waals surface area contributed by atoms with Crippen molar-refractivity contribution in [3.63, 3.8) is 0 Å². The molecule has 1 fully saturated rings. The third-order valence-corrected chi connectivity index (χ3v) is 4.83. The third-order valence-electron chi connectivity index (χ3n) is 4.25. The van der Waals surface area contributed by atoms with Gasteiger partial charge in [0.05, 0.1) is 17.5 Å². The predicted octanol–water partition coefficient (Wildman–Crippen LogP) is 2.64. The minimum absolute atomic E-state index is 0.455. The van der Waals surface area contributed by atoms with Gasteiger partial charge >= 0.3 is 0 Å². The summed E-state index contributed by atoms with van der Waals surface area (Å²) in [7, 11) is -3.53. The van der Waals surface area contributed by atoms with Gasteiger partial charge in [-0.2, -0.15) is 8.42 Å². The van der Waals surface area contributed by atoms with Crippen LogP contribution >= 0.6 is 0 Å². The second kappa shape index (κ2) is 6.95. The summed E-state index contributed by atoms with van der Waals surface area (Å²) in [5.41, 5.74) is 1.55. The highest BCUT2D eigenvalue weighted by Crippen LogP contribution is 2.30. The lowest BCUT2D eigenvalue weighted by Crippen LogP contribution is -2.29. The fraction of sp³-hybridized carbons (Fsp3) is 0.471. The van der Waals surface area contributed by atoms with Gasteiger partial charge in [-0.25, -0.2) is 0 Å². The van der Waals surface area contributed by atoms with Gasteiger partial charge in [0.25, 0.3) is 10.1 Å². The topological polar surface area (TPSA) is 68.3 Å². The summed E-state index contributed by atoms with van der Waals surface area (Å²) >= 11 is 0. The molecule has 6 heteroatoms. The Morgan fingerprint density at radius 3 is 2.70 bits per heavy atom. The van der Waals surface area contributed by atoms with Gasteiger partial charge in [-0.05, 0) is 50.4 Å². The second-order valence-electron chi connectivity index (χ2n) is 6.15. The Balaban J connectivity index is 1.88. The average molecular weight is 334 g/mol. The molecular formula is C17H22N2O3S. The highest BCUT2D eigenvalue weighted by molar-refractivity contribution is 7.86. The van der Waals surface area contributed by atoms with E-state index in [1.165, 1.54) is 0 Å². The van der Waals surface area contributed by atoms with Gasteiger partial charge in [0, 0.05) is 5.39 Å². The van der Waals surface area contributed by atoms with E-state index in [1.54, 1.807) is 0 Å². The smallest absolute Gasteiger partial charge is 0.265 e. The number of hydrogen-bond donors (Lipinski definition) is 1. The Kier molecular flexibility index (Phi) is 4.94. The molecule has 0 radical (unpaired) electrons. The molecule has 0 bridgehead atoms. The summed E-state index contributed by atoms with van der Waals surface area (Å²) in [6, 6.07) is 11.7. The van der Waals surface area contributed by atoms with E-state index in [-0.39, 0.29) is 0 Å². The second-order valence-corrected chi connectivity index (χ2v) is 7.75. The lowest BCUT2D eigenvalue weighted by atomic mass is 9.91. The van der Waals surface area contributed by atoms with Crippen LogP contribution in [-0.2, 0) is 14.3 Å². The standard InChI is InChI=1S/C17H22N2O3S/c1-23(20,21)22-17(12-13-8-10-18-11-9-13)16-7-6-14-4-2-3-5-15(14)19-16/h2-7,13,17-18H,8-12H2,1H3. The Morgan fingerprint density at radius 2 is 1.96 bits per heavy atom. The first-order chi connectivity index (χ1) is 11.0. The van der Waals surface area contributed by atoms with Crippen LogP contribution in [0.4, 0.5) is 0 Å². The minimum atomic E-state index is -3.53. The van der Waals surface area contributed by atoms with Gasteiger partial charge in [0.15, 0.2) is 0 Å². The van der Waals surface area contributed by atoms with Gasteiger partial charge in [-0.15, -0.1) is 0 Å². The van der Waals surface area contributed by atoms with Crippen LogP contribution in [0.25, 0.3) is 10.9 Å². The van der Waals surface area contributed by atoms with Crippen LogP contribution in [0, 0.1) is 5.92 Å². The van der Waals surface area contributed by atoms with E-state index in [4.69, 9.17) is 4.18 Å². The van der Waals surface area contributed by atoms with Crippen molar-refractivity contribution in [2.75, 3.05) is 19.3 Å². The first kappa shape index (κ1) is 16.4. The summed E-state index contributed by atoms with van der Waals surface area (Å²) in [4.78, 5) is 4.62. The molecule has 5 nitrogen and oxygen atoms in total. The average Bonchev–Trinajstić information content (AvgIpc) is 2.53. The molecule has 1 aromatic heterocycles. The van der Waals surface area contributed by atoms with Crippen molar-refractivity contribution >= 4 is 21.0 Å². The molecular weight excluding hydrogens is 312 g/mol. The number of fused-ring (bicyclic) bond motifs is 1. The SMILES string of the molecule is CS(=O)(=O)OC(CC1CCNCC1)c1ccc2ccccc2n1. The number of para-hydroxylation sites is 1. The Labute approximate surface area is 137 Å². The van der Waals surface area contributed by atoms with E-state index in [1.807, 2.05) is 36.4 Å². The molecule has 1 aliphatic rings. The molecule has 0 saturated carbocycles. The number of benzene rings is 1. The first-order valence-corrected chi connectivity index (χ1v) is 9.77. The maximum atomic E-state index is 11.7. The summed E-state index contributed by atoms with van der Waals surface area (Å²) in [6.45, 7) is 1.95. The monoisotopic (exact) mass is 334 g/mol. The number of rotatable bonds is 5. The van der Waals surface area contributed by atoms with E-state index >= 15 is 0 Å². The van der Waals surface area contributed by atoms with Crippen molar-refractivity contribution < 1.29 is 12.6 Å². The summed E-state index contributed by atoms with van der Waals surface area (Å²) < 4.78 is 28.7. The molecule has 2 aromatic rings. The van der Waals surface area contributed by atoms with Crippen LogP contribution in [0.1, 0.15) is 31.1 Å². The number of piperidine rings is 1. The highest BCUT2D eigenvalue weighted by atomic mass is 32.2. The Hall–Kier alpha value is -1.50. The number of hydrogen-bond acceptors (Lipinski definition) is 5. The van der Waals surface area contributed by atoms with Gasteiger partial charge in [0.2, 0.25) is 0 Å². The van der Waals surface area contributed by atoms with Crippen LogP contribution in [0.2, 0.25) is 0 Å². The third kappa shape index (κ3) is 4.50. The molecule has 0 spiro atoms. The zero-order valence-electron chi connectivity index (χ0n) is 13.2. The van der Waals surface area contributed by atoms with Crippen molar-refractivity contribution in [3.8, 4) is 0 Å². The number of pyridine rings is 1. The van der Waals surface area contributed by atoms with E-state index in [0.717, 1.165) is 43.1 Å². The first-order valence-electron chi connectivity index (χ1n) is 7.96. The summed E-state index contributed by atoms with van der Waals surface area (Å²) in [5.74, 6) is 0.455. The van der Waals surface area contributed by atoms with Gasteiger partial charge in [-0.3, -0.25) is 9.17 Å². The fourth-order valence-corrected chi connectivity index (χ4v) is 3.70. The molecule has 124 valence electrons. The van der Waals surface area contributed by atoms with Crippen molar-refractivity contribution in [2.45, 2.75) is 25.4 Å². The Bertz CT molecular complexity index is 770. The molecule has 1 saturated heterocycles. The largest absolute Gasteiger partial charge is 0.317 e. The molecule has 0 aliphatic carbocycles. The molecule has 23 heavy (non-hydrogen) atoms. The van der Waals surface area contributed by atoms with Gasteiger partial charge < -0.3 is 5.32 Å². The van der Waals surface area contributed by atoms with E-state index in [0.29, 0.717) is 18.0 Å². The molecule has 2 heterocycles. The number of aromatic nitrogens is 1. The molecule has 1 unspecified atom stereocenters. The summed E-state index contributed by atoms with van der Waals surface area (Å²) in [5, 5.41) is 4.36. The molecule has 1 atom stereocenters. The zero-order chi connectivity index (χ0) is 16.3. The van der Waals surface area contributed by atoms with E-state index < -0.39 is 16.2 Å². The quantitative estimate of drug-likeness (QED) is 0.851. The summed E-state index contributed by atoms with van der Waals surface area (Å²) in [6.07, 6.45) is 3.34. The van der Waals surface area contributed by atoms with Crippen LogP contribution in [0.3, 0.4) is 0 Å². The van der Waals surface area contributed by atoms with Crippen LogP contribution in [0.15, 0.2) is 36.4 Å². The predicted molar refractivity (Wildman–Crippen MR) is 90.6 cm³/mol. The molecule has 3 rings (SSSR count). The van der Waals surface area contributed by atoms with E-state index in [2.05, 4.69) is 10.3 Å². The van der Waals surface area contributed by atoms with Gasteiger partial charge in [0.1, 0.15) is 6.10 Å². The Morgan fingerprint density at radius 1 is 1.22 bits per heavy atom. The minimum Gasteiger partial charge on any atom is -0.317 e. The number of nitrogens with zero attached hydrogens (tertiary/aromatic N) is 1. The van der Waals surface area contributed by atoms with Crippen LogP contribution in [-0.4, -0.2) is 32.7 Å². The molecule has 1 aliphatic heterocycles. The fourth-order valence-electron chi connectivity index (χ4n) is 3.10. The van der Waals surface area contributed by atoms with Gasteiger partial charge in [-0.1, -0.05) is 24.3 Å². The number of nitrogens with one attached hydrogen (secondary N) is 1. The van der Waals surface area contributed by atoms with Crippen molar-refractivity contribution in [1.82, 2.24) is 10.3 Å². The van der Waals surface area contributed by atoms with Crippen LogP contribution < -0.4 is 5.32 Å². The van der Waals surface area contributed by atoms with Crippen molar-refractivity contribution in [1.29, 1.82) is 0 Å². The van der Waals surface area contributed by atoms with Crippen LogP contribution in [0.5, 0.6) is 0 Å². The lowest BCUT2D eigenvalue weighted by Gasteiger charge is -2.26. The molecule has 0 amide bonds. The van der Waals surface area contributed by atoms with E-state index in [9.17, 15) is 8.42 Å². The normalized spacial score (nSPS) is 18.1.